The minimum Gasteiger partial charge on any atom is -0.387 e. The summed E-state index contributed by atoms with van der Waals surface area (Å²) in [7, 11) is 0. The van der Waals surface area contributed by atoms with Gasteiger partial charge in [-0.05, 0) is 44.5 Å². The van der Waals surface area contributed by atoms with Crippen molar-refractivity contribution in [3.63, 3.8) is 0 Å². The van der Waals surface area contributed by atoms with Crippen LogP contribution in [0.3, 0.4) is 0 Å². The number of alkyl halides is 1. The Morgan fingerprint density at radius 2 is 2.24 bits per heavy atom. The fourth-order valence-electron chi connectivity index (χ4n) is 3.55. The zero-order valence-corrected chi connectivity index (χ0v) is 18.4. The van der Waals surface area contributed by atoms with Crippen molar-refractivity contribution in [2.24, 2.45) is 0 Å². The quantitative estimate of drug-likeness (QED) is 0.502. The zero-order valence-electron chi connectivity index (χ0n) is 18.4. The van der Waals surface area contributed by atoms with Crippen LogP contribution in [-0.4, -0.2) is 63.2 Å². The highest BCUT2D eigenvalue weighted by Gasteiger charge is 2.28. The summed E-state index contributed by atoms with van der Waals surface area (Å²) in [6.07, 6.45) is 2.08. The monoisotopic (exact) mass is 452 g/mol. The van der Waals surface area contributed by atoms with Crippen molar-refractivity contribution in [2.45, 2.75) is 38.1 Å². The van der Waals surface area contributed by atoms with Crippen LogP contribution in [-0.2, 0) is 4.74 Å². The van der Waals surface area contributed by atoms with E-state index in [4.69, 9.17) is 10.00 Å². The standard InChI is InChI=1S/C23H25FN6O3/c1-23(2,32)21(24)12-27-22(31)17-11-26-19(8-18(17)29-15-5-6-33-13-15)20-4-3-16-7-14(9-25)10-28-30(16)20/h3-4,7-8,10-11,15,21,32H,5-6,12-13H2,1-2H3,(H,26,29)(H,27,31). The molecule has 1 amide bonds. The first-order valence-electron chi connectivity index (χ1n) is 10.6. The number of hydrogen-bond acceptors (Lipinski definition) is 7. The summed E-state index contributed by atoms with van der Waals surface area (Å²) >= 11 is 0. The van der Waals surface area contributed by atoms with E-state index >= 15 is 0 Å². The van der Waals surface area contributed by atoms with Crippen molar-refractivity contribution < 1.29 is 19.0 Å². The molecule has 3 aromatic rings. The fourth-order valence-corrected chi connectivity index (χ4v) is 3.55. The van der Waals surface area contributed by atoms with Gasteiger partial charge < -0.3 is 20.5 Å². The Balaban J connectivity index is 1.65. The van der Waals surface area contributed by atoms with Crippen molar-refractivity contribution in [2.75, 3.05) is 25.1 Å². The average Bonchev–Trinajstić information content (AvgIpc) is 3.45. The van der Waals surface area contributed by atoms with Gasteiger partial charge in [0, 0.05) is 12.8 Å². The second-order valence-corrected chi connectivity index (χ2v) is 8.56. The number of aromatic nitrogens is 3. The highest BCUT2D eigenvalue weighted by atomic mass is 19.1. The van der Waals surface area contributed by atoms with Crippen LogP contribution >= 0.6 is 0 Å². The van der Waals surface area contributed by atoms with Gasteiger partial charge in [0.15, 0.2) is 0 Å². The normalized spacial score (nSPS) is 17.0. The number of hydrogen-bond donors (Lipinski definition) is 3. The predicted octanol–water partition coefficient (Wildman–Crippen LogP) is 2.31. The molecular weight excluding hydrogens is 427 g/mol. The first kappa shape index (κ1) is 22.6. The highest BCUT2D eigenvalue weighted by molar-refractivity contribution is 6.00. The Kier molecular flexibility index (Phi) is 6.26. The third-order valence-corrected chi connectivity index (χ3v) is 5.54. The molecule has 2 unspecified atom stereocenters. The number of nitriles is 1. The molecule has 0 spiro atoms. The van der Waals surface area contributed by atoms with Crippen LogP contribution in [0.5, 0.6) is 0 Å². The van der Waals surface area contributed by atoms with Gasteiger partial charge in [-0.2, -0.15) is 10.4 Å². The molecule has 0 radical (unpaired) electrons. The van der Waals surface area contributed by atoms with Gasteiger partial charge in [-0.3, -0.25) is 9.78 Å². The minimum atomic E-state index is -1.62. The maximum atomic E-state index is 14.1. The lowest BCUT2D eigenvalue weighted by molar-refractivity contribution is -0.00177. The molecule has 172 valence electrons. The molecule has 2 atom stereocenters. The Labute approximate surface area is 190 Å². The van der Waals surface area contributed by atoms with Crippen LogP contribution in [0.1, 0.15) is 36.2 Å². The average molecular weight is 452 g/mol. The number of nitrogens with one attached hydrogen (secondary N) is 2. The number of halogens is 1. The lowest BCUT2D eigenvalue weighted by Gasteiger charge is -2.23. The van der Waals surface area contributed by atoms with Crippen LogP contribution in [0, 0.1) is 11.3 Å². The van der Waals surface area contributed by atoms with Gasteiger partial charge in [0.05, 0.1) is 64.7 Å². The molecule has 4 rings (SSSR count). The molecule has 1 aliphatic rings. The summed E-state index contributed by atoms with van der Waals surface area (Å²) in [4.78, 5) is 17.3. The maximum absolute atomic E-state index is 14.1. The lowest BCUT2D eigenvalue weighted by Crippen LogP contribution is -2.42. The first-order chi connectivity index (χ1) is 15.8. The summed E-state index contributed by atoms with van der Waals surface area (Å²) in [5.41, 5.74) is 1.69. The second kappa shape index (κ2) is 9.13. The van der Waals surface area contributed by atoms with E-state index in [1.165, 1.54) is 26.2 Å². The lowest BCUT2D eigenvalue weighted by atomic mass is 10.0. The van der Waals surface area contributed by atoms with E-state index in [-0.39, 0.29) is 18.2 Å². The number of carbonyl (C=O) groups is 1. The van der Waals surface area contributed by atoms with Gasteiger partial charge in [0.2, 0.25) is 0 Å². The molecular formula is C23H25FN6O3. The molecule has 3 N–H and O–H groups in total. The number of ether oxygens (including phenoxy) is 1. The van der Waals surface area contributed by atoms with Crippen molar-refractivity contribution in [3.8, 4) is 17.5 Å². The topological polar surface area (TPSA) is 125 Å². The van der Waals surface area contributed by atoms with Crippen molar-refractivity contribution in [1.29, 1.82) is 5.26 Å². The third kappa shape index (κ3) is 4.94. The van der Waals surface area contributed by atoms with Crippen molar-refractivity contribution in [3.05, 3.63) is 47.8 Å². The molecule has 1 fully saturated rings. The molecule has 10 heteroatoms. The molecule has 0 aliphatic carbocycles. The van der Waals surface area contributed by atoms with E-state index in [2.05, 4.69) is 26.8 Å². The van der Waals surface area contributed by atoms with E-state index in [1.54, 1.807) is 16.6 Å². The summed E-state index contributed by atoms with van der Waals surface area (Å²) in [5.74, 6) is -0.501. The minimum absolute atomic E-state index is 0.0254. The smallest absolute Gasteiger partial charge is 0.255 e. The largest absolute Gasteiger partial charge is 0.387 e. The van der Waals surface area contributed by atoms with Crippen LogP contribution in [0.25, 0.3) is 16.9 Å². The molecule has 0 aromatic carbocycles. The van der Waals surface area contributed by atoms with Gasteiger partial charge in [-0.25, -0.2) is 8.91 Å². The number of aliphatic hydroxyl groups is 1. The number of nitrogens with zero attached hydrogens (tertiary/aromatic N) is 4. The number of pyridine rings is 1. The highest BCUT2D eigenvalue weighted by Crippen LogP contribution is 2.27. The van der Waals surface area contributed by atoms with E-state index in [9.17, 15) is 14.3 Å². The molecule has 9 nitrogen and oxygen atoms in total. The Bertz CT molecular complexity index is 1210. The second-order valence-electron chi connectivity index (χ2n) is 8.56. The van der Waals surface area contributed by atoms with Crippen molar-refractivity contribution >= 4 is 17.1 Å². The van der Waals surface area contributed by atoms with Crippen LogP contribution in [0.4, 0.5) is 10.1 Å². The van der Waals surface area contributed by atoms with E-state index in [0.29, 0.717) is 35.9 Å². The van der Waals surface area contributed by atoms with Gasteiger partial charge >= 0.3 is 0 Å². The SMILES string of the molecule is CC(C)(O)C(F)CNC(=O)c1cnc(-c2ccc3cc(C#N)cnn23)cc1NC1CCOC1. The molecule has 4 heterocycles. The Hall–Kier alpha value is -3.55. The van der Waals surface area contributed by atoms with Crippen LogP contribution in [0.15, 0.2) is 36.7 Å². The van der Waals surface area contributed by atoms with Crippen LogP contribution in [0.2, 0.25) is 0 Å². The van der Waals surface area contributed by atoms with E-state index in [1.807, 2.05) is 12.1 Å². The predicted molar refractivity (Wildman–Crippen MR) is 120 cm³/mol. The van der Waals surface area contributed by atoms with E-state index < -0.39 is 17.7 Å². The van der Waals surface area contributed by atoms with E-state index in [0.717, 1.165) is 11.9 Å². The number of anilines is 1. The summed E-state index contributed by atoms with van der Waals surface area (Å²) in [6.45, 7) is 3.51. The van der Waals surface area contributed by atoms with Gasteiger partial charge in [0.1, 0.15) is 12.2 Å². The number of carbonyl (C=O) groups excluding carboxylic acids is 1. The molecule has 0 saturated carbocycles. The third-order valence-electron chi connectivity index (χ3n) is 5.54. The maximum Gasteiger partial charge on any atom is 0.255 e. The fraction of sp³-hybridized carbons (Fsp3) is 0.391. The summed E-state index contributed by atoms with van der Waals surface area (Å²) in [5, 5.41) is 29.1. The van der Waals surface area contributed by atoms with Gasteiger partial charge in [0.25, 0.3) is 5.91 Å². The Morgan fingerprint density at radius 3 is 2.94 bits per heavy atom. The summed E-state index contributed by atoms with van der Waals surface area (Å²) < 4.78 is 21.2. The molecule has 1 aliphatic heterocycles. The van der Waals surface area contributed by atoms with Gasteiger partial charge in [-0.1, -0.05) is 0 Å². The van der Waals surface area contributed by atoms with Gasteiger partial charge in [-0.15, -0.1) is 0 Å². The Morgan fingerprint density at radius 1 is 1.42 bits per heavy atom. The number of amides is 1. The zero-order chi connectivity index (χ0) is 23.6. The number of rotatable bonds is 7. The molecule has 33 heavy (non-hydrogen) atoms. The molecule has 1 saturated heterocycles. The van der Waals surface area contributed by atoms with Crippen LogP contribution < -0.4 is 10.6 Å². The van der Waals surface area contributed by atoms with Crippen molar-refractivity contribution in [1.82, 2.24) is 19.9 Å². The molecule has 0 bridgehead atoms. The summed E-state index contributed by atoms with van der Waals surface area (Å²) in [6, 6.07) is 9.24. The number of fused-ring (bicyclic) bond motifs is 1. The molecule has 3 aromatic heterocycles. The first-order valence-corrected chi connectivity index (χ1v) is 10.6.